The van der Waals surface area contributed by atoms with Gasteiger partial charge in [-0.3, -0.25) is 4.79 Å². The van der Waals surface area contributed by atoms with Gasteiger partial charge in [0.15, 0.2) is 0 Å². The molecule has 0 atom stereocenters. The molecule has 0 unspecified atom stereocenters. The van der Waals surface area contributed by atoms with Gasteiger partial charge in [0.1, 0.15) is 0 Å². The summed E-state index contributed by atoms with van der Waals surface area (Å²) in [7, 11) is -1.15. The number of likely N-dealkylation sites (N-methyl/N-ethyl adjacent to an activating group) is 1. The Morgan fingerprint density at radius 1 is 0.871 bits per heavy atom. The molecular formula is C23H30N4O3S. The average molecular weight is 443 g/mol. The normalized spacial score (nSPS) is 18.3. The number of nitrogens with one attached hydrogen (secondary N) is 1. The number of benzene rings is 2. The third-order valence-corrected chi connectivity index (χ3v) is 7.87. The van der Waals surface area contributed by atoms with Crippen LogP contribution in [0.2, 0.25) is 0 Å². The Bertz CT molecular complexity index is 992. The van der Waals surface area contributed by atoms with Crippen LogP contribution in [0.1, 0.15) is 28.8 Å². The van der Waals surface area contributed by atoms with Gasteiger partial charge >= 0.3 is 0 Å². The van der Waals surface area contributed by atoms with Crippen molar-refractivity contribution in [1.82, 2.24) is 9.21 Å². The van der Waals surface area contributed by atoms with Gasteiger partial charge < -0.3 is 15.1 Å². The molecule has 2 heterocycles. The van der Waals surface area contributed by atoms with Crippen molar-refractivity contribution in [2.45, 2.75) is 18.6 Å². The lowest BCUT2D eigenvalue weighted by Crippen LogP contribution is -2.44. The van der Waals surface area contributed by atoms with Crippen molar-refractivity contribution < 1.29 is 13.2 Å². The van der Waals surface area contributed by atoms with Crippen LogP contribution in [-0.4, -0.2) is 69.8 Å². The predicted octanol–water partition coefficient (Wildman–Crippen LogP) is 2.62. The smallest absolute Gasteiger partial charge is 0.255 e. The van der Waals surface area contributed by atoms with Crippen molar-refractivity contribution in [3.63, 3.8) is 0 Å². The van der Waals surface area contributed by atoms with Crippen LogP contribution in [0.15, 0.2) is 48.5 Å². The van der Waals surface area contributed by atoms with E-state index in [1.54, 1.807) is 28.6 Å². The molecule has 0 bridgehead atoms. The Balaban J connectivity index is 1.34. The number of sulfonamides is 1. The molecule has 0 spiro atoms. The number of piperazine rings is 1. The maximum absolute atomic E-state index is 12.6. The van der Waals surface area contributed by atoms with Gasteiger partial charge in [0, 0.05) is 56.2 Å². The Kier molecular flexibility index (Phi) is 6.60. The van der Waals surface area contributed by atoms with Crippen LogP contribution in [0, 0.1) is 0 Å². The van der Waals surface area contributed by atoms with Crippen molar-refractivity contribution in [3.05, 3.63) is 59.7 Å². The van der Waals surface area contributed by atoms with Gasteiger partial charge in [0.05, 0.1) is 5.75 Å². The summed E-state index contributed by atoms with van der Waals surface area (Å²) < 4.78 is 26.5. The highest BCUT2D eigenvalue weighted by atomic mass is 32.2. The molecule has 166 valence electrons. The van der Waals surface area contributed by atoms with Crippen molar-refractivity contribution in [3.8, 4) is 0 Å². The largest absolute Gasteiger partial charge is 0.369 e. The summed E-state index contributed by atoms with van der Waals surface area (Å²) in [4.78, 5) is 17.3. The minimum Gasteiger partial charge on any atom is -0.369 e. The van der Waals surface area contributed by atoms with Crippen LogP contribution >= 0.6 is 0 Å². The number of carbonyl (C=O) groups is 1. The van der Waals surface area contributed by atoms with E-state index >= 15 is 0 Å². The summed E-state index contributed by atoms with van der Waals surface area (Å²) in [6.45, 7) is 5.32. The Hall–Kier alpha value is -2.42. The van der Waals surface area contributed by atoms with E-state index in [1.165, 1.54) is 0 Å². The van der Waals surface area contributed by atoms with E-state index in [1.807, 2.05) is 24.3 Å². The summed E-state index contributed by atoms with van der Waals surface area (Å²) in [6.07, 6.45) is 1.85. The fraction of sp³-hybridized carbons (Fsp3) is 0.435. The van der Waals surface area contributed by atoms with Crippen LogP contribution < -0.4 is 10.2 Å². The average Bonchev–Trinajstić information content (AvgIpc) is 3.31. The van der Waals surface area contributed by atoms with E-state index in [2.05, 4.69) is 22.2 Å². The Labute approximate surface area is 184 Å². The van der Waals surface area contributed by atoms with E-state index in [9.17, 15) is 13.2 Å². The number of hydrogen-bond donors (Lipinski definition) is 1. The first-order valence-electron chi connectivity index (χ1n) is 10.8. The third-order valence-electron chi connectivity index (χ3n) is 6.02. The number of anilines is 2. The molecule has 0 radical (unpaired) electrons. The number of rotatable bonds is 6. The quantitative estimate of drug-likeness (QED) is 0.745. The Morgan fingerprint density at radius 3 is 2.10 bits per heavy atom. The van der Waals surface area contributed by atoms with Crippen LogP contribution in [0.25, 0.3) is 0 Å². The molecule has 2 aliphatic heterocycles. The fourth-order valence-corrected chi connectivity index (χ4v) is 5.65. The fourth-order valence-electron chi connectivity index (χ4n) is 4.04. The second-order valence-electron chi connectivity index (χ2n) is 8.35. The number of nitrogens with zero attached hydrogens (tertiary/aromatic N) is 3. The molecule has 2 aliphatic rings. The molecular weight excluding hydrogens is 412 g/mol. The highest BCUT2D eigenvalue weighted by molar-refractivity contribution is 7.88. The molecule has 1 N–H and O–H groups in total. The zero-order chi connectivity index (χ0) is 21.8. The van der Waals surface area contributed by atoms with Crippen molar-refractivity contribution >= 4 is 27.3 Å². The molecule has 2 aromatic carbocycles. The van der Waals surface area contributed by atoms with Gasteiger partial charge in [-0.25, -0.2) is 12.7 Å². The molecule has 2 aromatic rings. The minimum atomic E-state index is -3.29. The zero-order valence-corrected chi connectivity index (χ0v) is 18.8. The molecule has 2 fully saturated rings. The maximum atomic E-state index is 12.6. The van der Waals surface area contributed by atoms with Crippen LogP contribution in [0.5, 0.6) is 0 Å². The van der Waals surface area contributed by atoms with Gasteiger partial charge in [-0.2, -0.15) is 0 Å². The lowest BCUT2D eigenvalue weighted by atomic mass is 10.1. The summed E-state index contributed by atoms with van der Waals surface area (Å²) in [5.41, 5.74) is 3.10. The molecule has 2 saturated heterocycles. The number of hydrogen-bond acceptors (Lipinski definition) is 5. The molecule has 0 aliphatic carbocycles. The summed E-state index contributed by atoms with van der Waals surface area (Å²) in [6, 6.07) is 14.7. The molecule has 0 saturated carbocycles. The van der Waals surface area contributed by atoms with Crippen LogP contribution in [-0.2, 0) is 15.8 Å². The second kappa shape index (κ2) is 9.38. The number of carbonyl (C=O) groups excluding carboxylic acids is 1. The van der Waals surface area contributed by atoms with Gasteiger partial charge in [-0.15, -0.1) is 0 Å². The second-order valence-corrected chi connectivity index (χ2v) is 10.3. The molecule has 7 nitrogen and oxygen atoms in total. The van der Waals surface area contributed by atoms with E-state index in [0.717, 1.165) is 50.4 Å². The maximum Gasteiger partial charge on any atom is 0.255 e. The first-order chi connectivity index (χ1) is 14.9. The van der Waals surface area contributed by atoms with E-state index in [-0.39, 0.29) is 11.7 Å². The molecule has 8 heteroatoms. The van der Waals surface area contributed by atoms with Crippen molar-refractivity contribution in [2.24, 2.45) is 0 Å². The van der Waals surface area contributed by atoms with Crippen molar-refractivity contribution in [2.75, 3.05) is 56.5 Å². The standard InChI is InChI=1S/C23H30N4O3S/c1-25-14-16-26(17-15-25)22-10-8-21(9-11-22)24-23(28)20-6-4-19(5-7-20)18-31(29,30)27-12-2-3-13-27/h4-11H,2-3,12-18H2,1H3,(H,24,28). The summed E-state index contributed by atoms with van der Waals surface area (Å²) >= 11 is 0. The summed E-state index contributed by atoms with van der Waals surface area (Å²) in [5, 5.41) is 2.92. The first kappa shape index (κ1) is 21.8. The van der Waals surface area contributed by atoms with Gasteiger partial charge in [0.2, 0.25) is 10.0 Å². The zero-order valence-electron chi connectivity index (χ0n) is 18.0. The molecule has 31 heavy (non-hydrogen) atoms. The third kappa shape index (κ3) is 5.44. The van der Waals surface area contributed by atoms with E-state index in [0.29, 0.717) is 24.2 Å². The lowest BCUT2D eigenvalue weighted by Gasteiger charge is -2.34. The molecule has 4 rings (SSSR count). The SMILES string of the molecule is CN1CCN(c2ccc(NC(=O)c3ccc(CS(=O)(=O)N4CCCC4)cc3)cc2)CC1. The Morgan fingerprint density at radius 2 is 1.48 bits per heavy atom. The van der Waals surface area contributed by atoms with Gasteiger partial charge in [-0.05, 0) is 61.9 Å². The first-order valence-corrected chi connectivity index (χ1v) is 12.4. The molecule has 0 aromatic heterocycles. The minimum absolute atomic E-state index is 0.0251. The number of amides is 1. The van der Waals surface area contributed by atoms with E-state index in [4.69, 9.17) is 0 Å². The topological polar surface area (TPSA) is 73.0 Å². The van der Waals surface area contributed by atoms with Crippen LogP contribution in [0.3, 0.4) is 0 Å². The predicted molar refractivity (Wildman–Crippen MR) is 124 cm³/mol. The summed E-state index contributed by atoms with van der Waals surface area (Å²) in [5.74, 6) is -0.232. The monoisotopic (exact) mass is 442 g/mol. The van der Waals surface area contributed by atoms with Crippen LogP contribution in [0.4, 0.5) is 11.4 Å². The highest BCUT2D eigenvalue weighted by Gasteiger charge is 2.25. The molecule has 1 amide bonds. The van der Waals surface area contributed by atoms with E-state index < -0.39 is 10.0 Å². The van der Waals surface area contributed by atoms with Gasteiger partial charge in [0.25, 0.3) is 5.91 Å². The van der Waals surface area contributed by atoms with Gasteiger partial charge in [-0.1, -0.05) is 12.1 Å². The highest BCUT2D eigenvalue weighted by Crippen LogP contribution is 2.21. The van der Waals surface area contributed by atoms with Crippen molar-refractivity contribution in [1.29, 1.82) is 0 Å². The lowest BCUT2D eigenvalue weighted by molar-refractivity contribution is 0.102.